The Morgan fingerprint density at radius 3 is 2.23 bits per heavy atom. The van der Waals surface area contributed by atoms with Gasteiger partial charge in [0.05, 0.1) is 0 Å². The molecule has 3 rings (SSSR count). The zero-order valence-corrected chi connectivity index (χ0v) is 14.1. The van der Waals surface area contributed by atoms with Gasteiger partial charge >= 0.3 is 0 Å². The highest BCUT2D eigenvalue weighted by Crippen LogP contribution is 2.29. The third-order valence-corrected chi connectivity index (χ3v) is 5.28. The Bertz CT molecular complexity index is 606. The number of hydrogen-bond donors (Lipinski definition) is 0. The number of benzene rings is 2. The molecule has 0 nitrogen and oxygen atoms in total. The summed E-state index contributed by atoms with van der Waals surface area (Å²) in [5, 5.41) is 0. The third-order valence-electron chi connectivity index (χ3n) is 5.28. The molecule has 0 saturated heterocycles. The second kappa shape index (κ2) is 7.13. The average Bonchev–Trinajstić information content (AvgIpc) is 2.59. The molecule has 0 heteroatoms. The van der Waals surface area contributed by atoms with E-state index in [1.807, 2.05) is 0 Å². The van der Waals surface area contributed by atoms with Gasteiger partial charge in [0, 0.05) is 0 Å². The molecule has 0 heterocycles. The lowest BCUT2D eigenvalue weighted by molar-refractivity contribution is 0.427. The molecule has 0 aliphatic heterocycles. The minimum Gasteiger partial charge on any atom is -0.0613 e. The molecule has 1 aliphatic rings. The molecule has 1 unspecified atom stereocenters. The van der Waals surface area contributed by atoms with Crippen LogP contribution in [-0.2, 0) is 32.1 Å². The van der Waals surface area contributed by atoms with Crippen LogP contribution in [0.1, 0.15) is 54.5 Å². The maximum absolute atomic E-state index is 2.44. The average molecular weight is 292 g/mol. The van der Waals surface area contributed by atoms with Gasteiger partial charge in [0.2, 0.25) is 0 Å². The Kier molecular flexibility index (Phi) is 4.97. The molecule has 0 N–H and O–H groups in total. The highest BCUT2D eigenvalue weighted by molar-refractivity contribution is 5.34. The number of hydrogen-bond acceptors (Lipinski definition) is 0. The van der Waals surface area contributed by atoms with Crippen LogP contribution in [0.5, 0.6) is 0 Å². The standard InChI is InChI=1S/C22H28/c1-3-17-5-7-19(8-6-17)9-10-20-12-14-21-15-18(4-2)11-13-22(21)16-20/h5-8,11,13,15,20H,3-4,9-10,12,14,16H2,1-2H3. The molecule has 0 aromatic heterocycles. The van der Waals surface area contributed by atoms with E-state index in [1.54, 1.807) is 11.1 Å². The van der Waals surface area contributed by atoms with E-state index in [2.05, 4.69) is 56.3 Å². The highest BCUT2D eigenvalue weighted by Gasteiger charge is 2.18. The molecule has 0 fully saturated rings. The minimum absolute atomic E-state index is 0.867. The lowest BCUT2D eigenvalue weighted by Crippen LogP contribution is -2.15. The van der Waals surface area contributed by atoms with Crippen LogP contribution in [0.15, 0.2) is 42.5 Å². The van der Waals surface area contributed by atoms with Crippen LogP contribution in [0.25, 0.3) is 0 Å². The lowest BCUT2D eigenvalue weighted by atomic mass is 9.80. The number of fused-ring (bicyclic) bond motifs is 1. The molecule has 0 saturated carbocycles. The van der Waals surface area contributed by atoms with Gasteiger partial charge in [0.15, 0.2) is 0 Å². The first-order chi connectivity index (χ1) is 10.8. The number of rotatable bonds is 5. The fourth-order valence-corrected chi connectivity index (χ4v) is 3.66. The molecule has 1 atom stereocenters. The van der Waals surface area contributed by atoms with Crippen molar-refractivity contribution in [1.29, 1.82) is 0 Å². The molecule has 2 aromatic rings. The summed E-state index contributed by atoms with van der Waals surface area (Å²) in [6.45, 7) is 4.47. The topological polar surface area (TPSA) is 0 Å². The summed E-state index contributed by atoms with van der Waals surface area (Å²) in [6.07, 6.45) is 8.80. The monoisotopic (exact) mass is 292 g/mol. The van der Waals surface area contributed by atoms with Crippen LogP contribution in [-0.4, -0.2) is 0 Å². The molecule has 116 valence electrons. The lowest BCUT2D eigenvalue weighted by Gasteiger charge is -2.25. The largest absolute Gasteiger partial charge is 0.0613 e. The van der Waals surface area contributed by atoms with Crippen molar-refractivity contribution in [3.05, 3.63) is 70.3 Å². The van der Waals surface area contributed by atoms with Gasteiger partial charge in [0.25, 0.3) is 0 Å². The van der Waals surface area contributed by atoms with Crippen LogP contribution in [0.3, 0.4) is 0 Å². The van der Waals surface area contributed by atoms with Crippen molar-refractivity contribution in [2.75, 3.05) is 0 Å². The van der Waals surface area contributed by atoms with Crippen LogP contribution >= 0.6 is 0 Å². The Balaban J connectivity index is 1.58. The quantitative estimate of drug-likeness (QED) is 0.678. The van der Waals surface area contributed by atoms with E-state index in [0.29, 0.717) is 0 Å². The Morgan fingerprint density at radius 2 is 1.50 bits per heavy atom. The van der Waals surface area contributed by atoms with Gasteiger partial charge in [-0.25, -0.2) is 0 Å². The number of aryl methyl sites for hydroxylation is 4. The summed E-state index contributed by atoms with van der Waals surface area (Å²) in [5.74, 6) is 0.867. The van der Waals surface area contributed by atoms with E-state index >= 15 is 0 Å². The van der Waals surface area contributed by atoms with Gasteiger partial charge in [0.1, 0.15) is 0 Å². The molecule has 2 aromatic carbocycles. The fourth-order valence-electron chi connectivity index (χ4n) is 3.66. The highest BCUT2D eigenvalue weighted by atomic mass is 14.2. The normalized spacial score (nSPS) is 17.3. The van der Waals surface area contributed by atoms with Crippen molar-refractivity contribution in [2.24, 2.45) is 5.92 Å². The summed E-state index contributed by atoms with van der Waals surface area (Å²) < 4.78 is 0. The van der Waals surface area contributed by atoms with E-state index in [4.69, 9.17) is 0 Å². The van der Waals surface area contributed by atoms with Gasteiger partial charge in [-0.05, 0) is 78.7 Å². The molecular formula is C22H28. The first-order valence-electron chi connectivity index (χ1n) is 8.97. The second-order valence-corrected chi connectivity index (χ2v) is 6.77. The molecule has 0 spiro atoms. The van der Waals surface area contributed by atoms with Gasteiger partial charge < -0.3 is 0 Å². The summed E-state index contributed by atoms with van der Waals surface area (Å²) in [6, 6.07) is 16.4. The minimum atomic E-state index is 0.867. The van der Waals surface area contributed by atoms with Crippen LogP contribution in [0.2, 0.25) is 0 Å². The zero-order chi connectivity index (χ0) is 15.4. The van der Waals surface area contributed by atoms with Crippen molar-refractivity contribution in [1.82, 2.24) is 0 Å². The predicted molar refractivity (Wildman–Crippen MR) is 95.5 cm³/mol. The van der Waals surface area contributed by atoms with Crippen LogP contribution in [0, 0.1) is 5.92 Å². The van der Waals surface area contributed by atoms with E-state index < -0.39 is 0 Å². The van der Waals surface area contributed by atoms with Crippen molar-refractivity contribution in [2.45, 2.75) is 58.8 Å². The maximum Gasteiger partial charge on any atom is -0.0247 e. The summed E-state index contributed by atoms with van der Waals surface area (Å²) in [7, 11) is 0. The molecule has 22 heavy (non-hydrogen) atoms. The van der Waals surface area contributed by atoms with Crippen LogP contribution < -0.4 is 0 Å². The Morgan fingerprint density at radius 1 is 0.818 bits per heavy atom. The summed E-state index contributed by atoms with van der Waals surface area (Å²) >= 11 is 0. The first-order valence-corrected chi connectivity index (χ1v) is 8.97. The van der Waals surface area contributed by atoms with E-state index in [0.717, 1.165) is 18.8 Å². The van der Waals surface area contributed by atoms with E-state index in [1.165, 1.54) is 48.8 Å². The molecule has 0 radical (unpaired) electrons. The smallest absolute Gasteiger partial charge is 0.0247 e. The molecule has 1 aliphatic carbocycles. The van der Waals surface area contributed by atoms with E-state index in [-0.39, 0.29) is 0 Å². The second-order valence-electron chi connectivity index (χ2n) is 6.77. The first kappa shape index (κ1) is 15.3. The third kappa shape index (κ3) is 3.61. The molecule has 0 amide bonds. The summed E-state index contributed by atoms with van der Waals surface area (Å²) in [4.78, 5) is 0. The van der Waals surface area contributed by atoms with Crippen LogP contribution in [0.4, 0.5) is 0 Å². The molecular weight excluding hydrogens is 264 g/mol. The SMILES string of the molecule is CCc1ccc(CCC2CCc3cc(CC)ccc3C2)cc1. The van der Waals surface area contributed by atoms with Crippen molar-refractivity contribution >= 4 is 0 Å². The predicted octanol–water partition coefficient (Wildman–Crippen LogP) is 5.55. The van der Waals surface area contributed by atoms with Gasteiger partial charge in [-0.2, -0.15) is 0 Å². The van der Waals surface area contributed by atoms with Crippen molar-refractivity contribution in [3.8, 4) is 0 Å². The van der Waals surface area contributed by atoms with Crippen molar-refractivity contribution in [3.63, 3.8) is 0 Å². The summed E-state index contributed by atoms with van der Waals surface area (Å²) in [5.41, 5.74) is 7.66. The Hall–Kier alpha value is -1.56. The fraction of sp³-hybridized carbons (Fsp3) is 0.455. The zero-order valence-electron chi connectivity index (χ0n) is 14.1. The molecule has 0 bridgehead atoms. The van der Waals surface area contributed by atoms with E-state index in [9.17, 15) is 0 Å². The Labute approximate surface area is 135 Å². The van der Waals surface area contributed by atoms with Gasteiger partial charge in [-0.3, -0.25) is 0 Å². The van der Waals surface area contributed by atoms with Gasteiger partial charge in [-0.1, -0.05) is 56.3 Å². The maximum atomic E-state index is 2.44. The van der Waals surface area contributed by atoms with Crippen molar-refractivity contribution < 1.29 is 0 Å². The van der Waals surface area contributed by atoms with Gasteiger partial charge in [-0.15, -0.1) is 0 Å².